The molecule has 1 amide bonds. The van der Waals surface area contributed by atoms with E-state index in [0.29, 0.717) is 12.0 Å². The number of aliphatic hydroxyl groups excluding tert-OH is 1. The summed E-state index contributed by atoms with van der Waals surface area (Å²) < 4.78 is 12.8. The quantitative estimate of drug-likeness (QED) is 0.880. The molecule has 0 heterocycles. The molecular formula is C16H14FNO2. The number of hydrogen-bond acceptors (Lipinski definition) is 2. The molecule has 0 saturated heterocycles. The van der Waals surface area contributed by atoms with Crippen molar-refractivity contribution in [2.45, 2.75) is 18.6 Å². The molecule has 0 spiro atoms. The predicted molar refractivity (Wildman–Crippen MR) is 72.8 cm³/mol. The van der Waals surface area contributed by atoms with Crippen LogP contribution in [0.1, 0.15) is 27.6 Å². The van der Waals surface area contributed by atoms with Gasteiger partial charge in [0.15, 0.2) is 0 Å². The van der Waals surface area contributed by atoms with Gasteiger partial charge in [0.1, 0.15) is 5.82 Å². The maximum atomic E-state index is 12.8. The van der Waals surface area contributed by atoms with E-state index in [9.17, 15) is 14.3 Å². The van der Waals surface area contributed by atoms with Crippen molar-refractivity contribution in [2.24, 2.45) is 0 Å². The van der Waals surface area contributed by atoms with Crippen LogP contribution in [-0.4, -0.2) is 17.1 Å². The maximum Gasteiger partial charge on any atom is 0.251 e. The van der Waals surface area contributed by atoms with Gasteiger partial charge < -0.3 is 10.4 Å². The summed E-state index contributed by atoms with van der Waals surface area (Å²) >= 11 is 0. The van der Waals surface area contributed by atoms with Crippen LogP contribution in [-0.2, 0) is 6.42 Å². The molecule has 20 heavy (non-hydrogen) atoms. The number of nitrogens with one attached hydrogen (secondary N) is 1. The molecule has 3 rings (SSSR count). The van der Waals surface area contributed by atoms with E-state index in [4.69, 9.17) is 0 Å². The Hall–Kier alpha value is -2.20. The Labute approximate surface area is 116 Å². The number of carbonyl (C=O) groups is 1. The normalized spacial score (nSPS) is 20.5. The summed E-state index contributed by atoms with van der Waals surface area (Å²) in [6.45, 7) is 0. The average Bonchev–Trinajstić information content (AvgIpc) is 2.77. The second kappa shape index (κ2) is 5.06. The Kier molecular flexibility index (Phi) is 3.24. The molecule has 0 bridgehead atoms. The van der Waals surface area contributed by atoms with E-state index in [-0.39, 0.29) is 17.8 Å². The van der Waals surface area contributed by atoms with Crippen LogP contribution in [0.5, 0.6) is 0 Å². The van der Waals surface area contributed by atoms with E-state index in [0.717, 1.165) is 11.1 Å². The molecule has 2 N–H and O–H groups in total. The molecule has 2 aromatic rings. The Bertz CT molecular complexity index is 639. The monoisotopic (exact) mass is 271 g/mol. The summed E-state index contributed by atoms with van der Waals surface area (Å²) in [6.07, 6.45) is -0.0971. The minimum Gasteiger partial charge on any atom is -0.386 e. The summed E-state index contributed by atoms with van der Waals surface area (Å²) in [5.74, 6) is -0.684. The highest BCUT2D eigenvalue weighted by molar-refractivity contribution is 5.94. The molecule has 1 aliphatic rings. The van der Waals surface area contributed by atoms with Crippen LogP contribution in [0.25, 0.3) is 0 Å². The van der Waals surface area contributed by atoms with E-state index in [1.54, 1.807) is 0 Å². The summed E-state index contributed by atoms with van der Waals surface area (Å²) in [6, 6.07) is 12.6. The van der Waals surface area contributed by atoms with Crippen molar-refractivity contribution in [1.29, 1.82) is 0 Å². The minimum absolute atomic E-state index is 0.304. The molecule has 102 valence electrons. The first kappa shape index (κ1) is 12.8. The standard InChI is InChI=1S/C16H14FNO2/c17-12-7-5-10(6-8-12)16(20)18-14-9-11-3-1-2-4-13(11)15(14)19/h1-8,14-15,19H,9H2,(H,18,20)/t14-,15-/m1/s1. The number of hydrogen-bond donors (Lipinski definition) is 2. The van der Waals surface area contributed by atoms with Gasteiger partial charge in [0, 0.05) is 5.56 Å². The first-order valence-corrected chi connectivity index (χ1v) is 6.47. The smallest absolute Gasteiger partial charge is 0.251 e. The zero-order valence-corrected chi connectivity index (χ0v) is 10.7. The maximum absolute atomic E-state index is 12.8. The summed E-state index contributed by atoms with van der Waals surface area (Å²) in [4.78, 5) is 12.1. The molecule has 4 heteroatoms. The SMILES string of the molecule is O=C(N[C@@H]1Cc2ccccc2[C@H]1O)c1ccc(F)cc1. The van der Waals surface area contributed by atoms with E-state index < -0.39 is 6.10 Å². The zero-order chi connectivity index (χ0) is 14.1. The van der Waals surface area contributed by atoms with E-state index >= 15 is 0 Å². The van der Waals surface area contributed by atoms with Crippen molar-refractivity contribution in [2.75, 3.05) is 0 Å². The van der Waals surface area contributed by atoms with Crippen molar-refractivity contribution in [3.05, 3.63) is 71.0 Å². The molecular weight excluding hydrogens is 257 g/mol. The highest BCUT2D eigenvalue weighted by atomic mass is 19.1. The predicted octanol–water partition coefficient (Wildman–Crippen LogP) is 2.21. The second-order valence-electron chi connectivity index (χ2n) is 4.93. The third kappa shape index (κ3) is 2.30. The van der Waals surface area contributed by atoms with Crippen molar-refractivity contribution in [3.8, 4) is 0 Å². The van der Waals surface area contributed by atoms with Crippen molar-refractivity contribution < 1.29 is 14.3 Å². The largest absolute Gasteiger partial charge is 0.386 e. The number of rotatable bonds is 2. The van der Waals surface area contributed by atoms with Gasteiger partial charge in [0.2, 0.25) is 0 Å². The molecule has 2 atom stereocenters. The lowest BCUT2D eigenvalue weighted by molar-refractivity contribution is 0.0858. The molecule has 0 fully saturated rings. The van der Waals surface area contributed by atoms with Gasteiger partial charge >= 0.3 is 0 Å². The van der Waals surface area contributed by atoms with Gasteiger partial charge in [-0.05, 0) is 41.8 Å². The molecule has 0 radical (unpaired) electrons. The van der Waals surface area contributed by atoms with Gasteiger partial charge in [0.05, 0.1) is 12.1 Å². The first-order valence-electron chi connectivity index (χ1n) is 6.47. The Morgan fingerprint density at radius 1 is 1.15 bits per heavy atom. The van der Waals surface area contributed by atoms with Gasteiger partial charge in [-0.25, -0.2) is 4.39 Å². The van der Waals surface area contributed by atoms with Crippen LogP contribution < -0.4 is 5.32 Å². The van der Waals surface area contributed by atoms with Gasteiger partial charge in [-0.15, -0.1) is 0 Å². The number of benzene rings is 2. The highest BCUT2D eigenvalue weighted by Gasteiger charge is 2.31. The molecule has 0 aromatic heterocycles. The third-order valence-corrected chi connectivity index (χ3v) is 3.62. The summed E-state index contributed by atoms with van der Waals surface area (Å²) in [5.41, 5.74) is 2.29. The lowest BCUT2D eigenvalue weighted by Crippen LogP contribution is -2.37. The Morgan fingerprint density at radius 2 is 1.85 bits per heavy atom. The van der Waals surface area contributed by atoms with E-state index in [2.05, 4.69) is 5.32 Å². The molecule has 0 saturated carbocycles. The molecule has 0 aliphatic heterocycles. The average molecular weight is 271 g/mol. The number of fused-ring (bicyclic) bond motifs is 1. The highest BCUT2D eigenvalue weighted by Crippen LogP contribution is 2.31. The van der Waals surface area contributed by atoms with Crippen molar-refractivity contribution in [1.82, 2.24) is 5.32 Å². The van der Waals surface area contributed by atoms with Crippen molar-refractivity contribution >= 4 is 5.91 Å². The molecule has 1 aliphatic carbocycles. The van der Waals surface area contributed by atoms with Crippen LogP contribution >= 0.6 is 0 Å². The van der Waals surface area contributed by atoms with Crippen LogP contribution in [0.2, 0.25) is 0 Å². The van der Waals surface area contributed by atoms with E-state index in [1.165, 1.54) is 24.3 Å². The molecule has 2 aromatic carbocycles. The number of halogens is 1. The summed E-state index contributed by atoms with van der Waals surface area (Å²) in [7, 11) is 0. The zero-order valence-electron chi connectivity index (χ0n) is 10.7. The van der Waals surface area contributed by atoms with Gasteiger partial charge in [-0.2, -0.15) is 0 Å². The third-order valence-electron chi connectivity index (χ3n) is 3.62. The van der Waals surface area contributed by atoms with Crippen LogP contribution in [0.3, 0.4) is 0 Å². The number of aliphatic hydroxyl groups is 1. The lowest BCUT2D eigenvalue weighted by Gasteiger charge is -2.17. The number of amides is 1. The molecule has 0 unspecified atom stereocenters. The van der Waals surface area contributed by atoms with Crippen LogP contribution in [0, 0.1) is 5.82 Å². The first-order chi connectivity index (χ1) is 9.65. The van der Waals surface area contributed by atoms with Gasteiger partial charge in [0.25, 0.3) is 5.91 Å². The van der Waals surface area contributed by atoms with E-state index in [1.807, 2.05) is 24.3 Å². The number of carbonyl (C=O) groups excluding carboxylic acids is 1. The van der Waals surface area contributed by atoms with Gasteiger partial charge in [-0.3, -0.25) is 4.79 Å². The summed E-state index contributed by atoms with van der Waals surface area (Å²) in [5, 5.41) is 13.0. The fraction of sp³-hybridized carbons (Fsp3) is 0.188. The Morgan fingerprint density at radius 3 is 2.55 bits per heavy atom. The minimum atomic E-state index is -0.699. The van der Waals surface area contributed by atoms with Crippen LogP contribution in [0.4, 0.5) is 4.39 Å². The fourth-order valence-corrected chi connectivity index (χ4v) is 2.56. The molecule has 3 nitrogen and oxygen atoms in total. The lowest BCUT2D eigenvalue weighted by atomic mass is 10.1. The topological polar surface area (TPSA) is 49.3 Å². The van der Waals surface area contributed by atoms with Crippen LogP contribution in [0.15, 0.2) is 48.5 Å². The van der Waals surface area contributed by atoms with Crippen molar-refractivity contribution in [3.63, 3.8) is 0 Å². The fourth-order valence-electron chi connectivity index (χ4n) is 2.56. The van der Waals surface area contributed by atoms with Gasteiger partial charge in [-0.1, -0.05) is 24.3 Å². The second-order valence-corrected chi connectivity index (χ2v) is 4.93. The Balaban J connectivity index is 1.74.